The summed E-state index contributed by atoms with van der Waals surface area (Å²) in [7, 11) is 0. The Morgan fingerprint density at radius 1 is 1.38 bits per heavy atom. The molecule has 1 unspecified atom stereocenters. The highest BCUT2D eigenvalue weighted by atomic mass is 16.4. The SMILES string of the molecule is Cc1ccc(Cc2nnnn2C(CC(=O)O)C2CC2)cc1. The molecule has 1 heterocycles. The summed E-state index contributed by atoms with van der Waals surface area (Å²) in [6.45, 7) is 2.05. The van der Waals surface area contributed by atoms with Gasteiger partial charge in [-0.25, -0.2) is 4.68 Å². The molecule has 6 nitrogen and oxygen atoms in total. The number of tetrazole rings is 1. The highest BCUT2D eigenvalue weighted by molar-refractivity contribution is 5.67. The van der Waals surface area contributed by atoms with Crippen LogP contribution in [0.4, 0.5) is 0 Å². The van der Waals surface area contributed by atoms with Gasteiger partial charge < -0.3 is 5.11 Å². The van der Waals surface area contributed by atoms with Crippen molar-refractivity contribution in [1.82, 2.24) is 20.2 Å². The molecule has 110 valence electrons. The fourth-order valence-electron chi connectivity index (χ4n) is 2.59. The number of carboxylic acids is 1. The van der Waals surface area contributed by atoms with Crippen molar-refractivity contribution >= 4 is 5.97 Å². The van der Waals surface area contributed by atoms with Gasteiger partial charge in [-0.3, -0.25) is 4.79 Å². The summed E-state index contributed by atoms with van der Waals surface area (Å²) < 4.78 is 1.71. The minimum atomic E-state index is -0.802. The zero-order valence-corrected chi connectivity index (χ0v) is 11.9. The van der Waals surface area contributed by atoms with Crippen LogP contribution in [-0.2, 0) is 11.2 Å². The van der Waals surface area contributed by atoms with E-state index >= 15 is 0 Å². The molecule has 0 radical (unpaired) electrons. The van der Waals surface area contributed by atoms with Crippen LogP contribution >= 0.6 is 0 Å². The van der Waals surface area contributed by atoms with Crippen molar-refractivity contribution in [1.29, 1.82) is 0 Å². The van der Waals surface area contributed by atoms with Gasteiger partial charge in [0.1, 0.15) is 0 Å². The quantitative estimate of drug-likeness (QED) is 0.878. The molecular formula is C15H18N4O2. The second kappa shape index (κ2) is 5.63. The second-order valence-corrected chi connectivity index (χ2v) is 5.70. The van der Waals surface area contributed by atoms with Crippen LogP contribution < -0.4 is 0 Å². The van der Waals surface area contributed by atoms with Crippen LogP contribution in [0.3, 0.4) is 0 Å². The van der Waals surface area contributed by atoms with Gasteiger partial charge in [-0.1, -0.05) is 29.8 Å². The number of aromatic nitrogens is 4. The maximum Gasteiger partial charge on any atom is 0.305 e. The fourth-order valence-corrected chi connectivity index (χ4v) is 2.59. The topological polar surface area (TPSA) is 80.9 Å². The molecule has 1 aromatic heterocycles. The maximum absolute atomic E-state index is 11.1. The van der Waals surface area contributed by atoms with Gasteiger partial charge in [0.25, 0.3) is 0 Å². The number of carbonyl (C=O) groups is 1. The first kappa shape index (κ1) is 13.7. The molecular weight excluding hydrogens is 268 g/mol. The van der Waals surface area contributed by atoms with E-state index in [4.69, 9.17) is 5.11 Å². The fraction of sp³-hybridized carbons (Fsp3) is 0.467. The molecule has 1 atom stereocenters. The summed E-state index contributed by atoms with van der Waals surface area (Å²) in [5, 5.41) is 21.0. The summed E-state index contributed by atoms with van der Waals surface area (Å²) >= 11 is 0. The Kier molecular flexibility index (Phi) is 3.68. The third-order valence-corrected chi connectivity index (χ3v) is 3.91. The van der Waals surface area contributed by atoms with Crippen molar-refractivity contribution in [3.8, 4) is 0 Å². The molecule has 1 aliphatic carbocycles. The Labute approximate surface area is 122 Å². The van der Waals surface area contributed by atoms with Crippen LogP contribution in [0.15, 0.2) is 24.3 Å². The lowest BCUT2D eigenvalue weighted by Crippen LogP contribution is -2.19. The molecule has 3 rings (SSSR count). The molecule has 1 aliphatic rings. The van der Waals surface area contributed by atoms with Crippen molar-refractivity contribution in [2.75, 3.05) is 0 Å². The van der Waals surface area contributed by atoms with E-state index in [2.05, 4.69) is 39.8 Å². The van der Waals surface area contributed by atoms with E-state index in [-0.39, 0.29) is 12.5 Å². The van der Waals surface area contributed by atoms with E-state index < -0.39 is 5.97 Å². The summed E-state index contributed by atoms with van der Waals surface area (Å²) in [6, 6.07) is 8.09. The lowest BCUT2D eigenvalue weighted by Gasteiger charge is -2.15. The lowest BCUT2D eigenvalue weighted by molar-refractivity contribution is -0.138. The van der Waals surface area contributed by atoms with E-state index in [1.807, 2.05) is 6.92 Å². The van der Waals surface area contributed by atoms with Gasteiger partial charge >= 0.3 is 5.97 Å². The first-order valence-electron chi connectivity index (χ1n) is 7.17. The van der Waals surface area contributed by atoms with Crippen molar-refractivity contribution in [2.24, 2.45) is 5.92 Å². The smallest absolute Gasteiger partial charge is 0.305 e. The number of rotatable bonds is 6. The van der Waals surface area contributed by atoms with Crippen LogP contribution in [0, 0.1) is 12.8 Å². The van der Waals surface area contributed by atoms with E-state index in [9.17, 15) is 4.79 Å². The van der Waals surface area contributed by atoms with E-state index in [0.717, 1.165) is 24.2 Å². The number of hydrogen-bond donors (Lipinski definition) is 1. The summed E-state index contributed by atoms with van der Waals surface area (Å²) in [6.07, 6.45) is 2.82. The minimum Gasteiger partial charge on any atom is -0.481 e. The van der Waals surface area contributed by atoms with E-state index in [1.54, 1.807) is 4.68 Å². The largest absolute Gasteiger partial charge is 0.481 e. The Morgan fingerprint density at radius 3 is 2.71 bits per heavy atom. The van der Waals surface area contributed by atoms with Crippen molar-refractivity contribution in [3.63, 3.8) is 0 Å². The standard InChI is InChI=1S/C15H18N4O2/c1-10-2-4-11(5-3-10)8-14-16-17-18-19(14)13(9-15(20)21)12-6-7-12/h2-5,12-13H,6-9H2,1H3,(H,20,21). The first-order chi connectivity index (χ1) is 10.1. The summed E-state index contributed by atoms with van der Waals surface area (Å²) in [5.41, 5.74) is 2.33. The highest BCUT2D eigenvalue weighted by Crippen LogP contribution is 2.41. The molecule has 0 amide bonds. The molecule has 0 spiro atoms. The normalized spacial score (nSPS) is 15.9. The number of nitrogens with zero attached hydrogens (tertiary/aromatic N) is 4. The van der Waals surface area contributed by atoms with Crippen LogP contribution in [0.25, 0.3) is 0 Å². The maximum atomic E-state index is 11.1. The summed E-state index contributed by atoms with van der Waals surface area (Å²) in [5.74, 6) is 0.321. The number of hydrogen-bond acceptors (Lipinski definition) is 4. The summed E-state index contributed by atoms with van der Waals surface area (Å²) in [4.78, 5) is 11.1. The number of carboxylic acid groups (broad SMARTS) is 1. The molecule has 1 aromatic carbocycles. The average molecular weight is 286 g/mol. The minimum absolute atomic E-state index is 0.0800. The third kappa shape index (κ3) is 3.26. The third-order valence-electron chi connectivity index (χ3n) is 3.91. The predicted octanol–water partition coefficient (Wildman–Crippen LogP) is 2.00. The van der Waals surface area contributed by atoms with Gasteiger partial charge in [0, 0.05) is 6.42 Å². The number of benzene rings is 1. The van der Waals surface area contributed by atoms with Gasteiger partial charge in [-0.05, 0) is 41.7 Å². The average Bonchev–Trinajstić information content (AvgIpc) is 3.19. The van der Waals surface area contributed by atoms with Gasteiger partial charge in [0.15, 0.2) is 5.82 Å². The van der Waals surface area contributed by atoms with Crippen LogP contribution in [0.2, 0.25) is 0 Å². The molecule has 0 aliphatic heterocycles. The predicted molar refractivity (Wildman–Crippen MR) is 75.8 cm³/mol. The van der Waals surface area contributed by atoms with E-state index in [1.165, 1.54) is 5.56 Å². The zero-order chi connectivity index (χ0) is 14.8. The van der Waals surface area contributed by atoms with Crippen molar-refractivity contribution < 1.29 is 9.90 Å². The zero-order valence-electron chi connectivity index (χ0n) is 11.9. The van der Waals surface area contributed by atoms with Gasteiger partial charge in [-0.2, -0.15) is 0 Å². The number of aryl methyl sites for hydroxylation is 1. The van der Waals surface area contributed by atoms with Gasteiger partial charge in [0.2, 0.25) is 0 Å². The number of aliphatic carboxylic acids is 1. The Morgan fingerprint density at radius 2 is 2.10 bits per heavy atom. The molecule has 1 saturated carbocycles. The van der Waals surface area contributed by atoms with Gasteiger partial charge in [-0.15, -0.1) is 5.10 Å². The lowest BCUT2D eigenvalue weighted by atomic mass is 10.1. The highest BCUT2D eigenvalue weighted by Gasteiger charge is 2.36. The molecule has 21 heavy (non-hydrogen) atoms. The van der Waals surface area contributed by atoms with Crippen LogP contribution in [-0.4, -0.2) is 31.3 Å². The second-order valence-electron chi connectivity index (χ2n) is 5.70. The molecule has 6 heteroatoms. The van der Waals surface area contributed by atoms with Crippen molar-refractivity contribution in [2.45, 2.75) is 38.6 Å². The molecule has 0 bridgehead atoms. The first-order valence-corrected chi connectivity index (χ1v) is 7.17. The van der Waals surface area contributed by atoms with Crippen LogP contribution in [0.1, 0.15) is 42.3 Å². The monoisotopic (exact) mass is 286 g/mol. The van der Waals surface area contributed by atoms with Gasteiger partial charge in [0.05, 0.1) is 12.5 Å². The van der Waals surface area contributed by atoms with Crippen molar-refractivity contribution in [3.05, 3.63) is 41.2 Å². The molecule has 1 N–H and O–H groups in total. The Balaban J connectivity index is 1.82. The molecule has 1 fully saturated rings. The Hall–Kier alpha value is -2.24. The van der Waals surface area contributed by atoms with E-state index in [0.29, 0.717) is 12.3 Å². The molecule has 2 aromatic rings. The van der Waals surface area contributed by atoms with Crippen LogP contribution in [0.5, 0.6) is 0 Å². The molecule has 0 saturated heterocycles. The Bertz CT molecular complexity index is 631.